The Kier molecular flexibility index (Phi) is 2.67. The van der Waals surface area contributed by atoms with Crippen molar-refractivity contribution in [2.24, 2.45) is 0 Å². The highest BCUT2D eigenvalue weighted by Crippen LogP contribution is 2.02. The van der Waals surface area contributed by atoms with Crippen molar-refractivity contribution in [3.05, 3.63) is 24.0 Å². The highest BCUT2D eigenvalue weighted by Gasteiger charge is 1.88. The molecule has 0 atom stereocenters. The Labute approximate surface area is 58.8 Å². The summed E-state index contributed by atoms with van der Waals surface area (Å²) in [6, 6.07) is 3.95. The van der Waals surface area contributed by atoms with Crippen LogP contribution < -0.4 is 0 Å². The third kappa shape index (κ3) is 2.11. The van der Waals surface area contributed by atoms with Crippen LogP contribution in [0.25, 0.3) is 0 Å². The van der Waals surface area contributed by atoms with Gasteiger partial charge in [-0.25, -0.2) is 0 Å². The number of aromatic amines is 1. The quantitative estimate of drug-likeness (QED) is 0.653. The maximum absolute atomic E-state index is 5.06. The molecule has 1 aromatic rings. The first-order valence-corrected chi connectivity index (χ1v) is 3.86. The number of aromatic nitrogens is 1. The summed E-state index contributed by atoms with van der Waals surface area (Å²) >= 11 is 1.38. The van der Waals surface area contributed by atoms with E-state index in [4.69, 9.17) is 4.18 Å². The van der Waals surface area contributed by atoms with E-state index in [9.17, 15) is 0 Å². The minimum absolute atomic E-state index is 0.661. The molecule has 2 nitrogen and oxygen atoms in total. The van der Waals surface area contributed by atoms with Gasteiger partial charge in [0.15, 0.2) is 0 Å². The van der Waals surface area contributed by atoms with Crippen LogP contribution in [0.2, 0.25) is 0 Å². The second-order valence-corrected chi connectivity index (χ2v) is 2.19. The molecule has 0 saturated heterocycles. The normalized spacial score (nSPS) is 9.89. The van der Waals surface area contributed by atoms with Crippen LogP contribution in [0.15, 0.2) is 18.3 Å². The van der Waals surface area contributed by atoms with Gasteiger partial charge in [-0.15, -0.1) is 0 Å². The molecule has 1 aromatic heterocycles. The second kappa shape index (κ2) is 3.58. The zero-order valence-electron chi connectivity index (χ0n) is 5.26. The molecular formula is C6H9NOS. The third-order valence-corrected chi connectivity index (χ3v) is 1.35. The minimum atomic E-state index is 0.661. The topological polar surface area (TPSA) is 25.0 Å². The zero-order valence-corrected chi connectivity index (χ0v) is 6.07. The van der Waals surface area contributed by atoms with Gasteiger partial charge in [0.25, 0.3) is 0 Å². The minimum Gasteiger partial charge on any atom is -0.363 e. The van der Waals surface area contributed by atoms with Gasteiger partial charge in [-0.2, -0.15) is 0 Å². The number of rotatable bonds is 3. The van der Waals surface area contributed by atoms with Crippen LogP contribution >= 0.6 is 12.0 Å². The molecule has 1 N–H and O–H groups in total. The highest BCUT2D eigenvalue weighted by atomic mass is 32.2. The SMILES string of the molecule is CSOCc1ccc[nH]1. The monoisotopic (exact) mass is 143 g/mol. The summed E-state index contributed by atoms with van der Waals surface area (Å²) in [5, 5.41) is 0. The van der Waals surface area contributed by atoms with Gasteiger partial charge in [-0.3, -0.25) is 0 Å². The van der Waals surface area contributed by atoms with Gasteiger partial charge in [0.05, 0.1) is 0 Å². The maximum Gasteiger partial charge on any atom is 0.101 e. The Morgan fingerprint density at radius 3 is 3.22 bits per heavy atom. The van der Waals surface area contributed by atoms with E-state index in [0.29, 0.717) is 6.61 Å². The molecule has 0 aliphatic carbocycles. The van der Waals surface area contributed by atoms with Crippen LogP contribution in [-0.4, -0.2) is 11.2 Å². The number of H-pyrrole nitrogens is 1. The largest absolute Gasteiger partial charge is 0.363 e. The van der Waals surface area contributed by atoms with Gasteiger partial charge < -0.3 is 9.17 Å². The molecule has 0 bridgehead atoms. The average molecular weight is 143 g/mol. The molecule has 0 aliphatic heterocycles. The van der Waals surface area contributed by atoms with Crippen LogP contribution in [-0.2, 0) is 10.8 Å². The van der Waals surface area contributed by atoms with E-state index in [1.54, 1.807) is 0 Å². The fourth-order valence-corrected chi connectivity index (χ4v) is 0.825. The lowest BCUT2D eigenvalue weighted by Crippen LogP contribution is -1.83. The van der Waals surface area contributed by atoms with E-state index < -0.39 is 0 Å². The van der Waals surface area contributed by atoms with Crippen LogP contribution in [0.3, 0.4) is 0 Å². The Morgan fingerprint density at radius 2 is 2.67 bits per heavy atom. The third-order valence-electron chi connectivity index (χ3n) is 0.995. The first-order valence-electron chi connectivity index (χ1n) is 2.71. The molecule has 3 heteroatoms. The van der Waals surface area contributed by atoms with E-state index in [2.05, 4.69) is 4.98 Å². The molecule has 0 unspecified atom stereocenters. The lowest BCUT2D eigenvalue weighted by Gasteiger charge is -1.93. The molecule has 0 amide bonds. The summed E-state index contributed by atoms with van der Waals surface area (Å²) in [5.41, 5.74) is 1.12. The molecule has 0 saturated carbocycles. The summed E-state index contributed by atoms with van der Waals surface area (Å²) in [7, 11) is 0. The lowest BCUT2D eigenvalue weighted by molar-refractivity contribution is 0.360. The fourth-order valence-electron chi connectivity index (χ4n) is 0.580. The predicted octanol–water partition coefficient (Wildman–Crippen LogP) is 1.81. The van der Waals surface area contributed by atoms with Crippen LogP contribution in [0.1, 0.15) is 5.69 Å². The molecule has 1 rings (SSSR count). The van der Waals surface area contributed by atoms with E-state index in [1.807, 2.05) is 24.6 Å². The molecule has 0 radical (unpaired) electrons. The number of nitrogens with one attached hydrogen (secondary N) is 1. The molecule has 1 heterocycles. The van der Waals surface area contributed by atoms with E-state index in [-0.39, 0.29) is 0 Å². The van der Waals surface area contributed by atoms with E-state index >= 15 is 0 Å². The summed E-state index contributed by atoms with van der Waals surface area (Å²) in [4.78, 5) is 3.03. The van der Waals surface area contributed by atoms with Crippen molar-refractivity contribution in [3.8, 4) is 0 Å². The Balaban J connectivity index is 2.30. The molecule has 9 heavy (non-hydrogen) atoms. The molecule has 0 aliphatic rings. The van der Waals surface area contributed by atoms with Crippen LogP contribution in [0.5, 0.6) is 0 Å². The first-order chi connectivity index (χ1) is 4.43. The Morgan fingerprint density at radius 1 is 1.78 bits per heavy atom. The van der Waals surface area contributed by atoms with E-state index in [0.717, 1.165) is 5.69 Å². The summed E-state index contributed by atoms with van der Waals surface area (Å²) in [5.74, 6) is 0. The number of hydrogen-bond acceptors (Lipinski definition) is 2. The van der Waals surface area contributed by atoms with Crippen molar-refractivity contribution >= 4 is 12.0 Å². The fraction of sp³-hybridized carbons (Fsp3) is 0.333. The van der Waals surface area contributed by atoms with Gasteiger partial charge in [0, 0.05) is 18.1 Å². The summed E-state index contributed by atoms with van der Waals surface area (Å²) < 4.78 is 5.06. The lowest BCUT2D eigenvalue weighted by atomic mass is 10.5. The van der Waals surface area contributed by atoms with Gasteiger partial charge in [-0.1, -0.05) is 0 Å². The van der Waals surface area contributed by atoms with Gasteiger partial charge in [0.1, 0.15) is 6.61 Å². The van der Waals surface area contributed by atoms with Gasteiger partial charge in [0.2, 0.25) is 0 Å². The molecule has 0 aromatic carbocycles. The molecule has 0 spiro atoms. The van der Waals surface area contributed by atoms with Crippen molar-refractivity contribution in [2.75, 3.05) is 6.26 Å². The molecular weight excluding hydrogens is 134 g/mol. The smallest absolute Gasteiger partial charge is 0.101 e. The molecule has 0 fully saturated rings. The Hall–Kier alpha value is -0.410. The number of hydrogen-bond donors (Lipinski definition) is 1. The summed E-state index contributed by atoms with van der Waals surface area (Å²) in [6.45, 7) is 0.661. The first kappa shape index (κ1) is 6.71. The van der Waals surface area contributed by atoms with Crippen molar-refractivity contribution in [1.29, 1.82) is 0 Å². The van der Waals surface area contributed by atoms with Crippen LogP contribution in [0, 0.1) is 0 Å². The second-order valence-electron chi connectivity index (χ2n) is 1.62. The predicted molar refractivity (Wildman–Crippen MR) is 39.1 cm³/mol. The Bertz CT molecular complexity index is 150. The summed E-state index contributed by atoms with van der Waals surface area (Å²) in [6.07, 6.45) is 3.79. The van der Waals surface area contributed by atoms with Crippen LogP contribution in [0.4, 0.5) is 0 Å². The van der Waals surface area contributed by atoms with E-state index in [1.165, 1.54) is 12.0 Å². The molecule has 50 valence electrons. The van der Waals surface area contributed by atoms with Gasteiger partial charge in [-0.05, 0) is 24.2 Å². The highest BCUT2D eigenvalue weighted by molar-refractivity contribution is 7.93. The van der Waals surface area contributed by atoms with Crippen molar-refractivity contribution in [3.63, 3.8) is 0 Å². The maximum atomic E-state index is 5.06. The average Bonchev–Trinajstić information content (AvgIpc) is 2.34. The van der Waals surface area contributed by atoms with Crippen molar-refractivity contribution in [2.45, 2.75) is 6.61 Å². The van der Waals surface area contributed by atoms with Gasteiger partial charge >= 0.3 is 0 Å². The van der Waals surface area contributed by atoms with Crippen molar-refractivity contribution in [1.82, 2.24) is 4.98 Å². The standard InChI is InChI=1S/C6H9NOS/c1-9-8-5-6-3-2-4-7-6/h2-4,7H,5H2,1H3. The van der Waals surface area contributed by atoms with Crippen molar-refractivity contribution < 1.29 is 4.18 Å². The zero-order chi connectivity index (χ0) is 6.53.